The Kier molecular flexibility index (Phi) is 9.10. The van der Waals surface area contributed by atoms with Gasteiger partial charge in [0.15, 0.2) is 0 Å². The van der Waals surface area contributed by atoms with Crippen molar-refractivity contribution in [1.82, 2.24) is 14.8 Å². The topological polar surface area (TPSA) is 46.4 Å². The Balaban J connectivity index is 1.43. The zero-order valence-corrected chi connectivity index (χ0v) is 21.0. The number of nitriles is 1. The molecule has 0 N–H and O–H groups in total. The molecule has 6 heteroatoms. The summed E-state index contributed by atoms with van der Waals surface area (Å²) in [5.41, 5.74) is -0.345. The normalized spacial score (nSPS) is 17.4. The van der Waals surface area contributed by atoms with Gasteiger partial charge in [-0.25, -0.2) is 4.98 Å². The third-order valence-corrected chi connectivity index (χ3v) is 7.93. The molecule has 32 heavy (non-hydrogen) atoms. The Hall–Kier alpha value is -1.94. The molecule has 0 spiro atoms. The first kappa shape index (κ1) is 24.7. The maximum atomic E-state index is 10.0. The number of rotatable bonds is 11. The van der Waals surface area contributed by atoms with E-state index in [2.05, 4.69) is 83.1 Å². The number of anilines is 1. The predicted molar refractivity (Wildman–Crippen MR) is 135 cm³/mol. The highest BCUT2D eigenvalue weighted by molar-refractivity contribution is 7.10. The highest BCUT2D eigenvalue weighted by atomic mass is 32.1. The van der Waals surface area contributed by atoms with E-state index in [1.165, 1.54) is 4.88 Å². The van der Waals surface area contributed by atoms with Crippen molar-refractivity contribution in [3.8, 4) is 6.07 Å². The van der Waals surface area contributed by atoms with Gasteiger partial charge in [0.2, 0.25) is 0 Å². The average molecular weight is 454 g/mol. The van der Waals surface area contributed by atoms with Crippen LogP contribution in [-0.4, -0.2) is 66.6 Å². The van der Waals surface area contributed by atoms with E-state index in [4.69, 9.17) is 0 Å². The van der Waals surface area contributed by atoms with Crippen LogP contribution in [0.3, 0.4) is 0 Å². The number of pyridine rings is 1. The summed E-state index contributed by atoms with van der Waals surface area (Å²) in [6.45, 7) is 16.5. The number of piperazine rings is 1. The molecule has 0 aliphatic carbocycles. The van der Waals surface area contributed by atoms with Crippen molar-refractivity contribution in [1.29, 1.82) is 5.26 Å². The Labute approximate surface area is 198 Å². The summed E-state index contributed by atoms with van der Waals surface area (Å²) in [6.07, 6.45) is 3.89. The lowest BCUT2D eigenvalue weighted by atomic mass is 9.73. The number of aromatic nitrogens is 1. The van der Waals surface area contributed by atoms with Gasteiger partial charge < -0.3 is 9.80 Å². The number of hydrogen-bond donors (Lipinski definition) is 0. The molecule has 1 aliphatic rings. The van der Waals surface area contributed by atoms with Crippen LogP contribution in [0.2, 0.25) is 0 Å². The largest absolute Gasteiger partial charge is 0.353 e. The molecule has 1 saturated heterocycles. The van der Waals surface area contributed by atoms with Crippen LogP contribution in [0.4, 0.5) is 5.82 Å². The van der Waals surface area contributed by atoms with E-state index in [-0.39, 0.29) is 5.41 Å². The van der Waals surface area contributed by atoms with Crippen LogP contribution in [0.15, 0.2) is 41.9 Å². The van der Waals surface area contributed by atoms with Gasteiger partial charge in [-0.1, -0.05) is 26.0 Å². The summed E-state index contributed by atoms with van der Waals surface area (Å²) in [5.74, 6) is 1.39. The third kappa shape index (κ3) is 6.10. The zero-order valence-electron chi connectivity index (χ0n) is 20.2. The molecule has 1 unspecified atom stereocenters. The maximum Gasteiger partial charge on any atom is 0.128 e. The molecule has 0 saturated carbocycles. The standard InChI is InChI=1S/C26H39N5S/c1-22(2)26(21-27,24-9-7-20-32-24)11-8-13-29-14-16-30(17-15-29)18-19-31(23(3)4)25-10-5-6-12-28-25/h5-7,9-10,12,20,22-23H,8,11,13-19H2,1-4H3. The second-order valence-corrected chi connectivity index (χ2v) is 10.4. The Morgan fingerprint density at radius 1 is 1.06 bits per heavy atom. The highest BCUT2D eigenvalue weighted by Gasteiger charge is 2.36. The van der Waals surface area contributed by atoms with Crippen molar-refractivity contribution < 1.29 is 0 Å². The summed E-state index contributed by atoms with van der Waals surface area (Å²) in [7, 11) is 0. The lowest BCUT2D eigenvalue weighted by Crippen LogP contribution is -2.49. The van der Waals surface area contributed by atoms with E-state index in [0.29, 0.717) is 12.0 Å². The van der Waals surface area contributed by atoms with E-state index in [9.17, 15) is 5.26 Å². The van der Waals surface area contributed by atoms with Gasteiger partial charge in [-0.2, -0.15) is 5.26 Å². The van der Waals surface area contributed by atoms with Gasteiger partial charge in [-0.15, -0.1) is 11.3 Å². The van der Waals surface area contributed by atoms with Gasteiger partial charge >= 0.3 is 0 Å². The molecule has 2 aromatic heterocycles. The van der Waals surface area contributed by atoms with Gasteiger partial charge in [0, 0.05) is 56.4 Å². The van der Waals surface area contributed by atoms with Crippen molar-refractivity contribution in [3.05, 3.63) is 46.8 Å². The number of hydrogen-bond acceptors (Lipinski definition) is 6. The minimum absolute atomic E-state index is 0.325. The first-order valence-corrected chi connectivity index (χ1v) is 12.9. The molecule has 0 amide bonds. The van der Waals surface area contributed by atoms with Gasteiger partial charge in [-0.05, 0) is 62.7 Å². The molecule has 1 aliphatic heterocycles. The third-order valence-electron chi connectivity index (χ3n) is 6.88. The van der Waals surface area contributed by atoms with Crippen LogP contribution in [0.1, 0.15) is 45.4 Å². The lowest BCUT2D eigenvalue weighted by Gasteiger charge is -2.37. The molecule has 0 aromatic carbocycles. The van der Waals surface area contributed by atoms with Crippen LogP contribution < -0.4 is 4.90 Å². The van der Waals surface area contributed by atoms with Crippen LogP contribution >= 0.6 is 11.3 Å². The quantitative estimate of drug-likeness (QED) is 0.486. The fraction of sp³-hybridized carbons (Fsp3) is 0.615. The summed E-state index contributed by atoms with van der Waals surface area (Å²) < 4.78 is 0. The molecule has 3 rings (SSSR count). The second kappa shape index (κ2) is 11.8. The summed E-state index contributed by atoms with van der Waals surface area (Å²) in [4.78, 5) is 13.3. The van der Waals surface area contributed by atoms with Crippen LogP contribution in [0, 0.1) is 17.2 Å². The average Bonchev–Trinajstić information content (AvgIpc) is 3.33. The lowest BCUT2D eigenvalue weighted by molar-refractivity contribution is 0.130. The highest BCUT2D eigenvalue weighted by Crippen LogP contribution is 2.39. The van der Waals surface area contributed by atoms with Gasteiger partial charge in [0.25, 0.3) is 0 Å². The minimum atomic E-state index is -0.345. The fourth-order valence-corrected chi connectivity index (χ4v) is 5.75. The maximum absolute atomic E-state index is 10.0. The molecule has 5 nitrogen and oxygen atoms in total. The van der Waals surface area contributed by atoms with Gasteiger partial charge in [0.05, 0.1) is 11.5 Å². The first-order chi connectivity index (χ1) is 15.5. The van der Waals surface area contributed by atoms with Crippen molar-refractivity contribution in [3.63, 3.8) is 0 Å². The van der Waals surface area contributed by atoms with Crippen LogP contribution in [0.5, 0.6) is 0 Å². The Bertz CT molecular complexity index is 822. The van der Waals surface area contributed by atoms with E-state index in [0.717, 1.165) is 64.5 Å². The minimum Gasteiger partial charge on any atom is -0.353 e. The molecule has 1 fully saturated rings. The second-order valence-electron chi connectivity index (χ2n) is 9.48. The fourth-order valence-electron chi connectivity index (χ4n) is 4.70. The molecule has 0 radical (unpaired) electrons. The summed E-state index contributed by atoms with van der Waals surface area (Å²) in [5, 5.41) is 12.1. The smallest absolute Gasteiger partial charge is 0.128 e. The van der Waals surface area contributed by atoms with E-state index in [1.54, 1.807) is 11.3 Å². The van der Waals surface area contributed by atoms with Crippen LogP contribution in [-0.2, 0) is 5.41 Å². The Morgan fingerprint density at radius 2 is 1.78 bits per heavy atom. The summed E-state index contributed by atoms with van der Waals surface area (Å²) in [6, 6.07) is 13.5. The van der Waals surface area contributed by atoms with E-state index < -0.39 is 0 Å². The molecule has 2 aromatic rings. The monoisotopic (exact) mass is 453 g/mol. The Morgan fingerprint density at radius 3 is 2.31 bits per heavy atom. The molecular formula is C26H39N5S. The van der Waals surface area contributed by atoms with Gasteiger partial charge in [0.1, 0.15) is 5.82 Å². The van der Waals surface area contributed by atoms with Crippen molar-refractivity contribution >= 4 is 17.2 Å². The molecule has 0 bridgehead atoms. The van der Waals surface area contributed by atoms with Crippen molar-refractivity contribution in [2.45, 2.75) is 52.0 Å². The number of thiophene rings is 1. The van der Waals surface area contributed by atoms with Crippen molar-refractivity contribution in [2.24, 2.45) is 5.92 Å². The number of nitrogens with zero attached hydrogens (tertiary/aromatic N) is 5. The molecular weight excluding hydrogens is 414 g/mol. The first-order valence-electron chi connectivity index (χ1n) is 12.0. The predicted octanol–water partition coefficient (Wildman–Crippen LogP) is 4.87. The molecule has 174 valence electrons. The SMILES string of the molecule is CC(C)N(CCN1CCN(CCCC(C#N)(c2cccs2)C(C)C)CC1)c1ccccn1. The molecule has 1 atom stereocenters. The molecule has 3 heterocycles. The van der Waals surface area contributed by atoms with Crippen LogP contribution in [0.25, 0.3) is 0 Å². The van der Waals surface area contributed by atoms with Gasteiger partial charge in [-0.3, -0.25) is 4.90 Å². The van der Waals surface area contributed by atoms with E-state index >= 15 is 0 Å². The zero-order chi connectivity index (χ0) is 23.0. The van der Waals surface area contributed by atoms with E-state index in [1.807, 2.05) is 12.3 Å². The summed E-state index contributed by atoms with van der Waals surface area (Å²) >= 11 is 1.73. The van der Waals surface area contributed by atoms with Crippen molar-refractivity contribution in [2.75, 3.05) is 50.7 Å².